The van der Waals surface area contributed by atoms with Crippen molar-refractivity contribution in [1.82, 2.24) is 0 Å². The zero-order chi connectivity index (χ0) is 7.56. The number of ether oxygens (including phenoxy) is 2. The van der Waals surface area contributed by atoms with Gasteiger partial charge in [0.1, 0.15) is 12.7 Å². The molecule has 0 saturated carbocycles. The standard InChI is InChI=1S/C7H10O3.Ar/c1-5(2)7(8)10-4-6-3-9-6;/h6H,1,3-4H2,2H3;. The minimum atomic E-state index is -0.337. The van der Waals surface area contributed by atoms with Crippen molar-refractivity contribution >= 4 is 5.97 Å². The van der Waals surface area contributed by atoms with E-state index in [1.165, 1.54) is 0 Å². The van der Waals surface area contributed by atoms with Crippen LogP contribution in [0.3, 0.4) is 0 Å². The van der Waals surface area contributed by atoms with E-state index in [2.05, 4.69) is 6.58 Å². The fourth-order valence-electron chi connectivity index (χ4n) is 0.456. The molecule has 0 spiro atoms. The predicted octanol–water partition coefficient (Wildman–Crippen LogP) is 0.504. The van der Waals surface area contributed by atoms with Crippen LogP contribution < -0.4 is 0 Å². The van der Waals surface area contributed by atoms with Crippen LogP contribution in [-0.2, 0) is 14.3 Å². The minimum Gasteiger partial charge on any atom is -0.459 e. The first kappa shape index (κ1) is 11.4. The molecule has 0 aliphatic carbocycles. The van der Waals surface area contributed by atoms with E-state index in [0.717, 1.165) is 0 Å². The Hall–Kier alpha value is 0.430. The summed E-state index contributed by atoms with van der Waals surface area (Å²) < 4.78 is 9.60. The SMILES string of the molecule is C=C(C)C(=O)OCC1CO1.[Ar]. The molecule has 0 aromatic carbocycles. The van der Waals surface area contributed by atoms with Crippen LogP contribution in [0.2, 0.25) is 0 Å². The van der Waals surface area contributed by atoms with Gasteiger partial charge in [-0.2, -0.15) is 0 Å². The van der Waals surface area contributed by atoms with Crippen molar-refractivity contribution in [3.05, 3.63) is 12.2 Å². The number of rotatable bonds is 3. The quantitative estimate of drug-likeness (QED) is 0.362. The fraction of sp³-hybridized carbons (Fsp3) is 0.571. The maximum absolute atomic E-state index is 10.7. The number of carbonyl (C=O) groups excluding carboxylic acids is 1. The van der Waals surface area contributed by atoms with Crippen LogP contribution in [0.15, 0.2) is 12.2 Å². The van der Waals surface area contributed by atoms with Gasteiger partial charge in [-0.05, 0) is 6.92 Å². The average Bonchev–Trinajstić information content (AvgIpc) is 2.64. The van der Waals surface area contributed by atoms with Gasteiger partial charge < -0.3 is 9.47 Å². The normalized spacial score (nSPS) is 19.9. The molecule has 1 aliphatic heterocycles. The molecule has 0 aromatic rings. The number of esters is 1. The Labute approximate surface area is 95.7 Å². The molecule has 1 fully saturated rings. The molecule has 11 heavy (non-hydrogen) atoms. The Bertz CT molecular complexity index is 163. The molecule has 1 aliphatic rings. The first-order valence-corrected chi connectivity index (χ1v) is 3.14. The number of hydrogen-bond donors (Lipinski definition) is 0. The van der Waals surface area contributed by atoms with E-state index in [0.29, 0.717) is 18.8 Å². The molecule has 0 bridgehead atoms. The Morgan fingerprint density at radius 2 is 2.36 bits per heavy atom. The van der Waals surface area contributed by atoms with Crippen molar-refractivity contribution in [2.24, 2.45) is 0 Å². The summed E-state index contributed by atoms with van der Waals surface area (Å²) >= 11 is 0. The summed E-state index contributed by atoms with van der Waals surface area (Å²) in [5, 5.41) is 0. The summed E-state index contributed by atoms with van der Waals surface area (Å²) in [5.74, 6) is -0.337. The van der Waals surface area contributed by atoms with Gasteiger partial charge in [0.15, 0.2) is 0 Å². The zero-order valence-corrected chi connectivity index (χ0v) is 6.98. The molecule has 1 saturated heterocycles. The summed E-state index contributed by atoms with van der Waals surface area (Å²) in [6.07, 6.45) is 0.142. The molecule has 0 N–H and O–H groups in total. The van der Waals surface area contributed by atoms with E-state index in [1.807, 2.05) is 0 Å². The first-order valence-electron chi connectivity index (χ1n) is 3.14. The summed E-state index contributed by atoms with van der Waals surface area (Å²) in [5.41, 5.74) is 0.431. The molecular formula is C7H10ArO3. The van der Waals surface area contributed by atoms with Crippen molar-refractivity contribution in [3.8, 4) is 0 Å². The van der Waals surface area contributed by atoms with Crippen molar-refractivity contribution in [3.63, 3.8) is 0 Å². The van der Waals surface area contributed by atoms with Crippen molar-refractivity contribution < 1.29 is 52.0 Å². The van der Waals surface area contributed by atoms with E-state index < -0.39 is 0 Å². The minimum absolute atomic E-state index is 0. The van der Waals surface area contributed by atoms with Crippen molar-refractivity contribution in [2.75, 3.05) is 13.2 Å². The zero-order valence-electron chi connectivity index (χ0n) is 6.28. The van der Waals surface area contributed by atoms with Crippen LogP contribution in [0.5, 0.6) is 0 Å². The van der Waals surface area contributed by atoms with Crippen molar-refractivity contribution in [1.29, 1.82) is 0 Å². The molecule has 1 unspecified atom stereocenters. The summed E-state index contributed by atoms with van der Waals surface area (Å²) in [7, 11) is 0. The third-order valence-electron chi connectivity index (χ3n) is 1.15. The molecule has 64 valence electrons. The van der Waals surface area contributed by atoms with Crippen LogP contribution in [0.4, 0.5) is 0 Å². The van der Waals surface area contributed by atoms with E-state index in [9.17, 15) is 4.79 Å². The van der Waals surface area contributed by atoms with Gasteiger partial charge in [-0.3, -0.25) is 0 Å². The molecule has 1 atom stereocenters. The fourth-order valence-corrected chi connectivity index (χ4v) is 0.456. The first-order chi connectivity index (χ1) is 4.70. The van der Waals surface area contributed by atoms with Crippen LogP contribution >= 0.6 is 0 Å². The topological polar surface area (TPSA) is 38.8 Å². The van der Waals surface area contributed by atoms with Gasteiger partial charge in [0.25, 0.3) is 0 Å². The Morgan fingerprint density at radius 1 is 1.82 bits per heavy atom. The monoisotopic (exact) mass is 182 g/mol. The van der Waals surface area contributed by atoms with E-state index in [-0.39, 0.29) is 49.8 Å². The predicted molar refractivity (Wildman–Crippen MR) is 35.5 cm³/mol. The molecule has 3 nitrogen and oxygen atoms in total. The molecule has 1 rings (SSSR count). The van der Waals surface area contributed by atoms with Gasteiger partial charge in [0.05, 0.1) is 6.61 Å². The second-order valence-corrected chi connectivity index (χ2v) is 2.33. The Balaban J connectivity index is 0.000001000. The number of hydrogen-bond acceptors (Lipinski definition) is 3. The van der Waals surface area contributed by atoms with Crippen molar-refractivity contribution in [2.45, 2.75) is 13.0 Å². The smallest absolute Gasteiger partial charge is 0.333 e. The van der Waals surface area contributed by atoms with Gasteiger partial charge in [-0.1, -0.05) is 6.58 Å². The van der Waals surface area contributed by atoms with Gasteiger partial charge in [0, 0.05) is 43.3 Å². The van der Waals surface area contributed by atoms with E-state index >= 15 is 0 Å². The largest absolute Gasteiger partial charge is 0.459 e. The number of carbonyl (C=O) groups is 1. The van der Waals surface area contributed by atoms with Crippen LogP contribution in [0.1, 0.15) is 6.92 Å². The van der Waals surface area contributed by atoms with E-state index in [4.69, 9.17) is 9.47 Å². The maximum atomic E-state index is 10.7. The second kappa shape index (κ2) is 5.14. The molecule has 4 heteroatoms. The van der Waals surface area contributed by atoms with Gasteiger partial charge in [-0.25, -0.2) is 4.79 Å². The van der Waals surface area contributed by atoms with E-state index in [1.54, 1.807) is 6.92 Å². The summed E-state index contributed by atoms with van der Waals surface area (Å²) in [6.45, 7) is 6.14. The third-order valence-corrected chi connectivity index (χ3v) is 1.15. The number of epoxide rings is 1. The molecule has 0 radical (unpaired) electrons. The summed E-state index contributed by atoms with van der Waals surface area (Å²) in [4.78, 5) is 10.7. The second-order valence-electron chi connectivity index (χ2n) is 2.33. The Kier molecular flexibility index (Phi) is 5.34. The average molecular weight is 182 g/mol. The van der Waals surface area contributed by atoms with Crippen LogP contribution in [0.25, 0.3) is 0 Å². The van der Waals surface area contributed by atoms with Crippen LogP contribution in [-0.4, -0.2) is 25.3 Å². The molecule has 1 heterocycles. The van der Waals surface area contributed by atoms with Gasteiger partial charge in [0.2, 0.25) is 0 Å². The molecular weight excluding hydrogens is 172 g/mol. The third kappa shape index (κ3) is 4.80. The summed E-state index contributed by atoms with van der Waals surface area (Å²) in [6, 6.07) is 0. The van der Waals surface area contributed by atoms with Gasteiger partial charge in [-0.15, -0.1) is 0 Å². The maximum Gasteiger partial charge on any atom is 0.333 e. The molecule has 0 aromatic heterocycles. The Morgan fingerprint density at radius 3 is 2.73 bits per heavy atom. The molecule has 0 amide bonds. The van der Waals surface area contributed by atoms with Crippen LogP contribution in [0, 0.1) is 37.7 Å². The van der Waals surface area contributed by atoms with Gasteiger partial charge >= 0.3 is 5.97 Å².